The lowest BCUT2D eigenvalue weighted by Crippen LogP contribution is -2.45. The molecule has 7 heteroatoms. The zero-order chi connectivity index (χ0) is 17.0. The molecule has 124 valence electrons. The lowest BCUT2D eigenvalue weighted by atomic mass is 9.96. The number of anilines is 1. The van der Waals surface area contributed by atoms with Gasteiger partial charge in [-0.05, 0) is 37.1 Å². The third kappa shape index (κ3) is 4.21. The second-order valence-corrected chi connectivity index (χ2v) is 5.81. The van der Waals surface area contributed by atoms with Crippen LogP contribution in [0.25, 0.3) is 0 Å². The van der Waals surface area contributed by atoms with Crippen LogP contribution in [0.1, 0.15) is 23.2 Å². The van der Waals surface area contributed by atoms with E-state index in [0.717, 1.165) is 0 Å². The first-order chi connectivity index (χ1) is 10.9. The molecule has 0 radical (unpaired) electrons. The zero-order valence-electron chi connectivity index (χ0n) is 13.3. The summed E-state index contributed by atoms with van der Waals surface area (Å²) < 4.78 is 0. The van der Waals surface area contributed by atoms with E-state index in [1.54, 1.807) is 31.1 Å². The molecule has 1 saturated heterocycles. The van der Waals surface area contributed by atoms with E-state index in [2.05, 4.69) is 5.32 Å². The molecular weight excluding hydrogens is 298 g/mol. The van der Waals surface area contributed by atoms with Gasteiger partial charge >= 0.3 is 12.0 Å². The molecule has 2 rings (SSSR count). The Morgan fingerprint density at radius 1 is 1.13 bits per heavy atom. The van der Waals surface area contributed by atoms with Crippen LogP contribution in [0.2, 0.25) is 0 Å². The van der Waals surface area contributed by atoms with Crippen molar-refractivity contribution in [2.45, 2.75) is 12.8 Å². The molecule has 0 atom stereocenters. The quantitative estimate of drug-likeness (QED) is 0.887. The van der Waals surface area contributed by atoms with Crippen molar-refractivity contribution in [2.24, 2.45) is 5.92 Å². The Hall–Kier alpha value is -2.57. The highest BCUT2D eigenvalue weighted by Crippen LogP contribution is 2.20. The number of rotatable bonds is 3. The molecule has 0 spiro atoms. The lowest BCUT2D eigenvalue weighted by molar-refractivity contribution is -0.121. The number of carbonyl (C=O) groups excluding carboxylic acids is 2. The molecular formula is C16H21N3O4. The maximum atomic E-state index is 12.3. The Morgan fingerprint density at radius 2 is 1.70 bits per heavy atom. The van der Waals surface area contributed by atoms with E-state index in [1.807, 2.05) is 0 Å². The van der Waals surface area contributed by atoms with Crippen molar-refractivity contribution in [3.05, 3.63) is 29.8 Å². The van der Waals surface area contributed by atoms with Crippen molar-refractivity contribution < 1.29 is 19.5 Å². The number of piperidine rings is 1. The number of amides is 3. The topological polar surface area (TPSA) is 90.0 Å². The zero-order valence-corrected chi connectivity index (χ0v) is 13.3. The van der Waals surface area contributed by atoms with Gasteiger partial charge in [0.25, 0.3) is 0 Å². The van der Waals surface area contributed by atoms with Gasteiger partial charge in [0.05, 0.1) is 5.56 Å². The van der Waals surface area contributed by atoms with E-state index in [-0.39, 0.29) is 23.4 Å². The fraction of sp³-hybridized carbons (Fsp3) is 0.438. The van der Waals surface area contributed by atoms with Gasteiger partial charge in [-0.1, -0.05) is 0 Å². The average molecular weight is 319 g/mol. The predicted molar refractivity (Wildman–Crippen MR) is 85.4 cm³/mol. The Morgan fingerprint density at radius 3 is 2.17 bits per heavy atom. The third-order valence-corrected chi connectivity index (χ3v) is 3.92. The molecule has 0 aromatic heterocycles. The minimum Gasteiger partial charge on any atom is -0.478 e. The summed E-state index contributed by atoms with van der Waals surface area (Å²) in [6, 6.07) is 6.03. The van der Waals surface area contributed by atoms with Gasteiger partial charge < -0.3 is 20.2 Å². The summed E-state index contributed by atoms with van der Waals surface area (Å²) in [6.45, 7) is 1.13. The van der Waals surface area contributed by atoms with Crippen LogP contribution in [0.3, 0.4) is 0 Å². The van der Waals surface area contributed by atoms with Crippen LogP contribution in [-0.2, 0) is 4.79 Å². The van der Waals surface area contributed by atoms with Gasteiger partial charge in [-0.3, -0.25) is 4.79 Å². The van der Waals surface area contributed by atoms with Crippen molar-refractivity contribution >= 4 is 23.6 Å². The number of urea groups is 1. The molecule has 3 amide bonds. The van der Waals surface area contributed by atoms with Gasteiger partial charge in [0.15, 0.2) is 0 Å². The molecule has 23 heavy (non-hydrogen) atoms. The summed E-state index contributed by atoms with van der Waals surface area (Å²) in [5.74, 6) is -1.23. The van der Waals surface area contributed by atoms with E-state index in [1.165, 1.54) is 17.0 Å². The Balaban J connectivity index is 1.88. The molecule has 7 nitrogen and oxygen atoms in total. The molecule has 2 N–H and O–H groups in total. The number of nitrogens with one attached hydrogen (secondary N) is 1. The SMILES string of the molecule is CN(C)C(=O)N1CCC(C(=O)Nc2ccc(C(=O)O)cc2)CC1. The minimum absolute atomic E-state index is 0.0342. The fourth-order valence-corrected chi connectivity index (χ4v) is 2.56. The highest BCUT2D eigenvalue weighted by Gasteiger charge is 2.27. The molecule has 1 aromatic rings. The summed E-state index contributed by atoms with van der Waals surface area (Å²) in [5, 5.41) is 11.6. The molecule has 1 aromatic carbocycles. The van der Waals surface area contributed by atoms with Crippen molar-refractivity contribution in [2.75, 3.05) is 32.5 Å². The number of hydrogen-bond acceptors (Lipinski definition) is 3. The average Bonchev–Trinajstić information content (AvgIpc) is 2.54. The molecule has 0 aliphatic carbocycles. The smallest absolute Gasteiger partial charge is 0.335 e. The summed E-state index contributed by atoms with van der Waals surface area (Å²) in [5.41, 5.74) is 0.755. The number of carbonyl (C=O) groups is 3. The number of nitrogens with zero attached hydrogens (tertiary/aromatic N) is 2. The van der Waals surface area contributed by atoms with E-state index in [4.69, 9.17) is 5.11 Å². The van der Waals surface area contributed by atoms with Gasteiger partial charge in [-0.2, -0.15) is 0 Å². The monoisotopic (exact) mass is 319 g/mol. The van der Waals surface area contributed by atoms with Crippen molar-refractivity contribution in [3.63, 3.8) is 0 Å². The standard InChI is InChI=1S/C16H21N3O4/c1-18(2)16(23)19-9-7-11(8-10-19)14(20)17-13-5-3-12(4-6-13)15(21)22/h3-6,11H,7-10H2,1-2H3,(H,17,20)(H,21,22). The second-order valence-electron chi connectivity index (χ2n) is 5.81. The Bertz CT molecular complexity index is 590. The van der Waals surface area contributed by atoms with Crippen LogP contribution in [0, 0.1) is 5.92 Å². The van der Waals surface area contributed by atoms with E-state index in [9.17, 15) is 14.4 Å². The van der Waals surface area contributed by atoms with Crippen molar-refractivity contribution in [1.82, 2.24) is 9.80 Å². The minimum atomic E-state index is -0.999. The normalized spacial score (nSPS) is 15.1. The van der Waals surface area contributed by atoms with Crippen molar-refractivity contribution in [1.29, 1.82) is 0 Å². The summed E-state index contributed by atoms with van der Waals surface area (Å²) in [6.07, 6.45) is 1.25. The maximum Gasteiger partial charge on any atom is 0.335 e. The number of hydrogen-bond donors (Lipinski definition) is 2. The van der Waals surface area contributed by atoms with E-state index in [0.29, 0.717) is 31.6 Å². The number of likely N-dealkylation sites (tertiary alicyclic amines) is 1. The van der Waals surface area contributed by atoms with Gasteiger partial charge in [0.1, 0.15) is 0 Å². The largest absolute Gasteiger partial charge is 0.478 e. The van der Waals surface area contributed by atoms with Crippen LogP contribution in [0.4, 0.5) is 10.5 Å². The molecule has 1 aliphatic heterocycles. The van der Waals surface area contributed by atoms with Gasteiger partial charge in [-0.15, -0.1) is 0 Å². The van der Waals surface area contributed by atoms with Crippen LogP contribution in [0.5, 0.6) is 0 Å². The number of benzene rings is 1. The fourth-order valence-electron chi connectivity index (χ4n) is 2.56. The molecule has 0 unspecified atom stereocenters. The third-order valence-electron chi connectivity index (χ3n) is 3.92. The van der Waals surface area contributed by atoms with Crippen LogP contribution in [0.15, 0.2) is 24.3 Å². The van der Waals surface area contributed by atoms with Gasteiger partial charge in [0.2, 0.25) is 5.91 Å². The molecule has 0 bridgehead atoms. The van der Waals surface area contributed by atoms with Crippen LogP contribution in [-0.4, -0.2) is 60.0 Å². The summed E-state index contributed by atoms with van der Waals surface area (Å²) in [7, 11) is 3.42. The maximum absolute atomic E-state index is 12.3. The number of aromatic carboxylic acids is 1. The van der Waals surface area contributed by atoms with E-state index < -0.39 is 5.97 Å². The van der Waals surface area contributed by atoms with Gasteiger partial charge in [-0.25, -0.2) is 9.59 Å². The van der Waals surface area contributed by atoms with Crippen molar-refractivity contribution in [3.8, 4) is 0 Å². The Labute approximate surface area is 134 Å². The van der Waals surface area contributed by atoms with E-state index >= 15 is 0 Å². The van der Waals surface area contributed by atoms with Crippen LogP contribution >= 0.6 is 0 Å². The first kappa shape index (κ1) is 16.8. The highest BCUT2D eigenvalue weighted by molar-refractivity contribution is 5.94. The molecule has 1 aliphatic rings. The highest BCUT2D eigenvalue weighted by atomic mass is 16.4. The molecule has 0 saturated carbocycles. The first-order valence-electron chi connectivity index (χ1n) is 7.49. The summed E-state index contributed by atoms with van der Waals surface area (Å²) in [4.78, 5) is 38.2. The summed E-state index contributed by atoms with van der Waals surface area (Å²) >= 11 is 0. The first-order valence-corrected chi connectivity index (χ1v) is 7.49. The lowest BCUT2D eigenvalue weighted by Gasteiger charge is -2.33. The molecule has 1 heterocycles. The number of carboxylic acids is 1. The number of carboxylic acid groups (broad SMARTS) is 1. The second kappa shape index (κ2) is 7.13. The van der Waals surface area contributed by atoms with Gasteiger partial charge in [0, 0.05) is 38.8 Å². The Kier molecular flexibility index (Phi) is 5.20. The molecule has 1 fully saturated rings. The van der Waals surface area contributed by atoms with Crippen LogP contribution < -0.4 is 5.32 Å². The predicted octanol–water partition coefficient (Wildman–Crippen LogP) is 1.72.